The van der Waals surface area contributed by atoms with E-state index in [0.717, 1.165) is 31.2 Å². The van der Waals surface area contributed by atoms with Crippen LogP contribution in [0.3, 0.4) is 0 Å². The van der Waals surface area contributed by atoms with E-state index in [0.29, 0.717) is 12.8 Å². The van der Waals surface area contributed by atoms with E-state index in [1.807, 2.05) is 37.3 Å². The zero-order valence-electron chi connectivity index (χ0n) is 11.0. The van der Waals surface area contributed by atoms with Crippen LogP contribution in [-0.2, 0) is 6.42 Å². The molecule has 0 spiro atoms. The number of nitriles is 1. The van der Waals surface area contributed by atoms with Crippen LogP contribution in [0.4, 0.5) is 0 Å². The highest BCUT2D eigenvalue weighted by Crippen LogP contribution is 2.48. The van der Waals surface area contributed by atoms with E-state index in [-0.39, 0.29) is 0 Å². The molecule has 96 valence electrons. The quantitative estimate of drug-likeness (QED) is 0.880. The topological polar surface area (TPSA) is 44.0 Å². The van der Waals surface area contributed by atoms with Crippen LogP contribution < -0.4 is 0 Å². The highest BCUT2D eigenvalue weighted by Gasteiger charge is 2.51. The summed E-state index contributed by atoms with van der Waals surface area (Å²) in [5.41, 5.74) is -0.319. The van der Waals surface area contributed by atoms with Crippen LogP contribution in [0.2, 0.25) is 0 Å². The van der Waals surface area contributed by atoms with Crippen LogP contribution in [0.1, 0.15) is 44.6 Å². The first kappa shape index (κ1) is 13.1. The van der Waals surface area contributed by atoms with Crippen LogP contribution >= 0.6 is 0 Å². The normalized spacial score (nSPS) is 21.2. The van der Waals surface area contributed by atoms with Gasteiger partial charge in [-0.3, -0.25) is 0 Å². The largest absolute Gasteiger partial charge is 0.388 e. The fourth-order valence-corrected chi connectivity index (χ4v) is 3.23. The number of hydrogen-bond acceptors (Lipinski definition) is 2. The molecule has 0 heterocycles. The molecule has 1 aliphatic rings. The van der Waals surface area contributed by atoms with Gasteiger partial charge < -0.3 is 5.11 Å². The number of nitrogens with zero attached hydrogens (tertiary/aromatic N) is 1. The Hall–Kier alpha value is -1.33. The van der Waals surface area contributed by atoms with Crippen molar-refractivity contribution in [2.75, 3.05) is 0 Å². The van der Waals surface area contributed by atoms with Gasteiger partial charge in [0.15, 0.2) is 0 Å². The summed E-state index contributed by atoms with van der Waals surface area (Å²) in [7, 11) is 0. The van der Waals surface area contributed by atoms with Crippen LogP contribution in [0.15, 0.2) is 30.3 Å². The predicted octanol–water partition coefficient (Wildman–Crippen LogP) is 3.45. The number of hydrogen-bond donors (Lipinski definition) is 1. The molecule has 0 aromatic heterocycles. The standard InChI is InChI=1S/C16H21NO/c1-2-16(18,12-14-8-4-3-5-9-14)15(13-17)10-6-7-11-15/h3-5,8-9,18H,2,6-7,10-12H2,1H3. The second-order valence-electron chi connectivity index (χ2n) is 5.45. The minimum atomic E-state index is -0.889. The second kappa shape index (κ2) is 5.12. The fraction of sp³-hybridized carbons (Fsp3) is 0.562. The second-order valence-corrected chi connectivity index (χ2v) is 5.45. The first-order valence-electron chi connectivity index (χ1n) is 6.83. The van der Waals surface area contributed by atoms with E-state index in [2.05, 4.69) is 6.07 Å². The van der Waals surface area contributed by atoms with Crippen LogP contribution in [0.25, 0.3) is 0 Å². The summed E-state index contributed by atoms with van der Waals surface area (Å²) in [4.78, 5) is 0. The molecule has 1 aromatic rings. The summed E-state index contributed by atoms with van der Waals surface area (Å²) >= 11 is 0. The van der Waals surface area contributed by atoms with Gasteiger partial charge in [0.25, 0.3) is 0 Å². The lowest BCUT2D eigenvalue weighted by atomic mass is 9.67. The van der Waals surface area contributed by atoms with Crippen molar-refractivity contribution in [3.8, 4) is 6.07 Å². The third kappa shape index (κ3) is 2.15. The molecule has 1 aromatic carbocycles. The molecule has 0 radical (unpaired) electrons. The first-order chi connectivity index (χ1) is 8.66. The van der Waals surface area contributed by atoms with Gasteiger partial charge in [0.1, 0.15) is 0 Å². The lowest BCUT2D eigenvalue weighted by molar-refractivity contribution is -0.0557. The molecule has 1 aliphatic carbocycles. The summed E-state index contributed by atoms with van der Waals surface area (Å²) in [5, 5.41) is 20.6. The van der Waals surface area contributed by atoms with Gasteiger partial charge in [-0.05, 0) is 24.8 Å². The summed E-state index contributed by atoms with van der Waals surface area (Å²) in [6.45, 7) is 1.99. The molecule has 1 fully saturated rings. The molecule has 2 rings (SSSR count). The van der Waals surface area contributed by atoms with Crippen molar-refractivity contribution in [2.24, 2.45) is 5.41 Å². The molecule has 0 saturated heterocycles. The van der Waals surface area contributed by atoms with E-state index in [4.69, 9.17) is 0 Å². The zero-order valence-corrected chi connectivity index (χ0v) is 11.0. The Balaban J connectivity index is 2.28. The fourth-order valence-electron chi connectivity index (χ4n) is 3.23. The van der Waals surface area contributed by atoms with Gasteiger partial charge in [-0.25, -0.2) is 0 Å². The van der Waals surface area contributed by atoms with Crippen molar-refractivity contribution in [2.45, 2.75) is 51.0 Å². The van der Waals surface area contributed by atoms with Gasteiger partial charge in [0.05, 0.1) is 17.1 Å². The SMILES string of the molecule is CCC(O)(Cc1ccccc1)C1(C#N)CCCC1. The summed E-state index contributed by atoms with van der Waals surface area (Å²) in [6.07, 6.45) is 5.00. The Bertz CT molecular complexity index is 428. The van der Waals surface area contributed by atoms with Crippen molar-refractivity contribution in [1.82, 2.24) is 0 Å². The maximum Gasteiger partial charge on any atom is 0.0870 e. The third-order valence-corrected chi connectivity index (χ3v) is 4.49. The van der Waals surface area contributed by atoms with E-state index >= 15 is 0 Å². The molecule has 2 nitrogen and oxygen atoms in total. The summed E-state index contributed by atoms with van der Waals surface area (Å²) < 4.78 is 0. The highest BCUT2D eigenvalue weighted by atomic mass is 16.3. The average Bonchev–Trinajstić information content (AvgIpc) is 2.90. The molecule has 0 bridgehead atoms. The van der Waals surface area contributed by atoms with Crippen molar-refractivity contribution in [3.05, 3.63) is 35.9 Å². The van der Waals surface area contributed by atoms with E-state index in [1.165, 1.54) is 0 Å². The minimum Gasteiger partial charge on any atom is -0.388 e. The minimum absolute atomic E-state index is 0.544. The van der Waals surface area contributed by atoms with Gasteiger partial charge >= 0.3 is 0 Å². The highest BCUT2D eigenvalue weighted by molar-refractivity contribution is 5.22. The molecule has 2 heteroatoms. The van der Waals surface area contributed by atoms with Gasteiger partial charge in [0, 0.05) is 6.42 Å². The molecule has 0 amide bonds. The average molecular weight is 243 g/mol. The Morgan fingerprint density at radius 2 is 1.89 bits per heavy atom. The van der Waals surface area contributed by atoms with Gasteiger partial charge in [-0.2, -0.15) is 5.26 Å². The Morgan fingerprint density at radius 1 is 1.28 bits per heavy atom. The molecular formula is C16H21NO. The van der Waals surface area contributed by atoms with Crippen molar-refractivity contribution < 1.29 is 5.11 Å². The maximum atomic E-state index is 11.0. The lowest BCUT2D eigenvalue weighted by Crippen LogP contribution is -2.47. The Labute approximate surface area is 109 Å². The molecule has 18 heavy (non-hydrogen) atoms. The molecule has 1 N–H and O–H groups in total. The number of aliphatic hydroxyl groups is 1. The molecule has 1 unspecified atom stereocenters. The van der Waals surface area contributed by atoms with E-state index in [9.17, 15) is 10.4 Å². The van der Waals surface area contributed by atoms with E-state index < -0.39 is 11.0 Å². The van der Waals surface area contributed by atoms with Gasteiger partial charge in [0.2, 0.25) is 0 Å². The lowest BCUT2D eigenvalue weighted by Gasteiger charge is -2.40. The number of rotatable bonds is 4. The summed E-state index contributed by atoms with van der Waals surface area (Å²) in [5.74, 6) is 0. The monoisotopic (exact) mass is 243 g/mol. The molecule has 1 atom stereocenters. The third-order valence-electron chi connectivity index (χ3n) is 4.49. The van der Waals surface area contributed by atoms with Gasteiger partial charge in [-0.15, -0.1) is 0 Å². The molecule has 0 aliphatic heterocycles. The molecule has 1 saturated carbocycles. The van der Waals surface area contributed by atoms with Crippen molar-refractivity contribution in [1.29, 1.82) is 5.26 Å². The van der Waals surface area contributed by atoms with Crippen LogP contribution in [0, 0.1) is 16.7 Å². The Kier molecular flexibility index (Phi) is 3.73. The molecular weight excluding hydrogens is 222 g/mol. The van der Waals surface area contributed by atoms with Gasteiger partial charge in [-0.1, -0.05) is 50.1 Å². The van der Waals surface area contributed by atoms with Crippen LogP contribution in [0.5, 0.6) is 0 Å². The van der Waals surface area contributed by atoms with Crippen LogP contribution in [-0.4, -0.2) is 10.7 Å². The van der Waals surface area contributed by atoms with Crippen molar-refractivity contribution >= 4 is 0 Å². The maximum absolute atomic E-state index is 11.0. The van der Waals surface area contributed by atoms with E-state index in [1.54, 1.807) is 0 Å². The zero-order chi connectivity index (χ0) is 13.1. The first-order valence-corrected chi connectivity index (χ1v) is 6.83. The summed E-state index contributed by atoms with van der Waals surface area (Å²) in [6, 6.07) is 12.4. The van der Waals surface area contributed by atoms with Crippen molar-refractivity contribution in [3.63, 3.8) is 0 Å². The predicted molar refractivity (Wildman–Crippen MR) is 71.9 cm³/mol. The number of benzene rings is 1. The smallest absolute Gasteiger partial charge is 0.0870 e. The Morgan fingerprint density at radius 3 is 2.39 bits per heavy atom.